The van der Waals surface area contributed by atoms with Crippen LogP contribution in [0.25, 0.3) is 0 Å². The number of hydrogen-bond acceptors (Lipinski definition) is 5. The molecule has 2 aromatic carbocycles. The molecule has 3 aliphatic heterocycles. The van der Waals surface area contributed by atoms with Crippen molar-refractivity contribution in [1.29, 1.82) is 0 Å². The van der Waals surface area contributed by atoms with Gasteiger partial charge in [0.25, 0.3) is 0 Å². The minimum atomic E-state index is -0.693. The van der Waals surface area contributed by atoms with E-state index in [0.717, 1.165) is 17.5 Å². The number of rotatable bonds is 5. The van der Waals surface area contributed by atoms with E-state index in [9.17, 15) is 18.8 Å². The lowest BCUT2D eigenvalue weighted by Crippen LogP contribution is -2.58. The Bertz CT molecular complexity index is 1290. The monoisotopic (exact) mass is 576 g/mol. The predicted molar refractivity (Wildman–Crippen MR) is 159 cm³/mol. The average molecular weight is 577 g/mol. The number of aryl methyl sites for hydroxylation is 1. The van der Waals surface area contributed by atoms with Gasteiger partial charge in [-0.15, -0.1) is 0 Å². The molecule has 3 atom stereocenters. The van der Waals surface area contributed by atoms with Crippen molar-refractivity contribution in [2.75, 3.05) is 38.2 Å². The molecule has 2 aromatic rings. The third kappa shape index (κ3) is 7.44. The fraction of sp³-hybridized carbons (Fsp3) is 0.485. The Balaban J connectivity index is 1.31. The van der Waals surface area contributed by atoms with Crippen molar-refractivity contribution >= 4 is 23.4 Å². The number of carbonyl (C=O) groups excluding carboxylic acids is 3. The highest BCUT2D eigenvalue weighted by atomic mass is 19.1. The molecule has 0 bridgehead atoms. The van der Waals surface area contributed by atoms with E-state index < -0.39 is 17.3 Å². The maximum atomic E-state index is 13.8. The number of allylic oxidation sites excluding steroid dienone is 2. The predicted octanol–water partition coefficient (Wildman–Crippen LogP) is 3.75. The van der Waals surface area contributed by atoms with Gasteiger partial charge in [0.1, 0.15) is 11.9 Å². The normalized spacial score (nSPS) is 25.7. The zero-order valence-corrected chi connectivity index (χ0v) is 24.2. The molecule has 2 saturated heterocycles. The highest BCUT2D eigenvalue weighted by molar-refractivity contribution is 5.93. The van der Waals surface area contributed by atoms with Crippen LogP contribution in [0.2, 0.25) is 0 Å². The van der Waals surface area contributed by atoms with Crippen LogP contribution >= 0.6 is 0 Å². The first kappa shape index (κ1) is 29.9. The summed E-state index contributed by atoms with van der Waals surface area (Å²) >= 11 is 0. The van der Waals surface area contributed by atoms with Crippen LogP contribution in [0.4, 0.5) is 10.1 Å². The number of fused-ring (bicyclic) bond motifs is 1. The van der Waals surface area contributed by atoms with E-state index in [2.05, 4.69) is 33.0 Å². The van der Waals surface area contributed by atoms with Gasteiger partial charge in [-0.1, -0.05) is 48.6 Å². The summed E-state index contributed by atoms with van der Waals surface area (Å²) in [6.45, 7) is 4.34. The van der Waals surface area contributed by atoms with Crippen molar-refractivity contribution in [1.82, 2.24) is 15.5 Å². The summed E-state index contributed by atoms with van der Waals surface area (Å²) in [6.07, 6.45) is 7.87. The van der Waals surface area contributed by atoms with Gasteiger partial charge in [0.15, 0.2) is 0 Å². The molecule has 3 N–H and O–H groups in total. The van der Waals surface area contributed by atoms with E-state index in [4.69, 9.17) is 4.74 Å². The van der Waals surface area contributed by atoms with Gasteiger partial charge in [0.05, 0.1) is 12.0 Å². The van der Waals surface area contributed by atoms with Gasteiger partial charge in [0, 0.05) is 44.5 Å². The SMILES string of the molecule is Cc1ccc(F)cc1NC(=O)CN1CC[C@@H]2NC(=O)[C@H](Cc3ccccc3)NC(=O)C3(C/C=C/C[C@@H]2C1)CCOCC3. The third-order valence-corrected chi connectivity index (χ3v) is 8.94. The van der Waals surface area contributed by atoms with Crippen molar-refractivity contribution in [2.24, 2.45) is 11.3 Å². The van der Waals surface area contributed by atoms with Crippen molar-refractivity contribution < 1.29 is 23.5 Å². The quantitative estimate of drug-likeness (QED) is 0.471. The van der Waals surface area contributed by atoms with Gasteiger partial charge in [-0.25, -0.2) is 4.39 Å². The molecule has 5 rings (SSSR count). The maximum Gasteiger partial charge on any atom is 0.243 e. The number of nitrogens with zero attached hydrogens (tertiary/aromatic N) is 1. The fourth-order valence-electron chi connectivity index (χ4n) is 6.32. The second-order valence-electron chi connectivity index (χ2n) is 11.9. The molecule has 3 heterocycles. The highest BCUT2D eigenvalue weighted by Gasteiger charge is 2.41. The highest BCUT2D eigenvalue weighted by Crippen LogP contribution is 2.36. The van der Waals surface area contributed by atoms with E-state index in [1.54, 1.807) is 6.07 Å². The van der Waals surface area contributed by atoms with Crippen molar-refractivity contribution in [3.05, 3.63) is 77.6 Å². The number of anilines is 1. The molecular weight excluding hydrogens is 535 g/mol. The zero-order valence-electron chi connectivity index (χ0n) is 24.2. The summed E-state index contributed by atoms with van der Waals surface area (Å²) in [5, 5.41) is 9.24. The van der Waals surface area contributed by atoms with E-state index in [1.165, 1.54) is 12.1 Å². The molecule has 1 spiro atoms. The standard InChI is InChI=1S/C33H41FN4O4/c1-23-10-11-26(34)20-28(23)35-30(39)22-38-16-12-27-25(21-38)9-5-6-13-33(14-17-42-18-15-33)32(41)37-29(31(40)36-27)19-24-7-3-2-4-8-24/h2-8,10-11,20,25,27,29H,9,12-19,21-22H2,1H3,(H,35,39)(H,36,40)(H,37,41)/b6-5+/t25-,27+,29+/m1/s1. The number of hydrogen-bond donors (Lipinski definition) is 3. The Morgan fingerprint density at radius 1 is 1.10 bits per heavy atom. The molecular formula is C33H41FN4O4. The Kier molecular flexibility index (Phi) is 9.69. The van der Waals surface area contributed by atoms with Gasteiger partial charge in [-0.05, 0) is 68.2 Å². The smallest absolute Gasteiger partial charge is 0.243 e. The van der Waals surface area contributed by atoms with Crippen molar-refractivity contribution in [2.45, 2.75) is 57.5 Å². The number of likely N-dealkylation sites (tertiary alicyclic amines) is 1. The summed E-state index contributed by atoms with van der Waals surface area (Å²) in [6, 6.07) is 13.3. The summed E-state index contributed by atoms with van der Waals surface area (Å²) in [5.41, 5.74) is 1.66. The van der Waals surface area contributed by atoms with Gasteiger partial charge in [-0.2, -0.15) is 0 Å². The molecule has 9 heteroatoms. The lowest BCUT2D eigenvalue weighted by molar-refractivity contribution is -0.140. The van der Waals surface area contributed by atoms with E-state index >= 15 is 0 Å². The molecule has 2 fully saturated rings. The van der Waals surface area contributed by atoms with Crippen molar-refractivity contribution in [3.63, 3.8) is 0 Å². The van der Waals surface area contributed by atoms with E-state index in [1.807, 2.05) is 37.3 Å². The zero-order chi connectivity index (χ0) is 29.5. The second-order valence-corrected chi connectivity index (χ2v) is 11.9. The van der Waals surface area contributed by atoms with Crippen LogP contribution in [0.15, 0.2) is 60.7 Å². The topological polar surface area (TPSA) is 99.8 Å². The minimum absolute atomic E-state index is 0.0847. The molecule has 224 valence electrons. The molecule has 0 unspecified atom stereocenters. The molecule has 0 saturated carbocycles. The summed E-state index contributed by atoms with van der Waals surface area (Å²) < 4.78 is 19.3. The molecule has 0 aliphatic carbocycles. The fourth-order valence-corrected chi connectivity index (χ4v) is 6.32. The van der Waals surface area contributed by atoms with Gasteiger partial charge < -0.3 is 20.7 Å². The largest absolute Gasteiger partial charge is 0.381 e. The lowest BCUT2D eigenvalue weighted by atomic mass is 9.75. The summed E-state index contributed by atoms with van der Waals surface area (Å²) in [5.74, 6) is -0.751. The van der Waals surface area contributed by atoms with Crippen LogP contribution < -0.4 is 16.0 Å². The number of nitrogens with one attached hydrogen (secondary N) is 3. The van der Waals surface area contributed by atoms with E-state index in [0.29, 0.717) is 64.1 Å². The average Bonchev–Trinajstić information content (AvgIpc) is 2.98. The Morgan fingerprint density at radius 3 is 2.67 bits per heavy atom. The van der Waals surface area contributed by atoms with Gasteiger partial charge in [-0.3, -0.25) is 19.3 Å². The first-order valence-electron chi connectivity index (χ1n) is 15.0. The number of carbonyl (C=O) groups is 3. The summed E-state index contributed by atoms with van der Waals surface area (Å²) in [7, 11) is 0. The summed E-state index contributed by atoms with van der Waals surface area (Å²) in [4.78, 5) is 42.4. The van der Waals surface area contributed by atoms with Gasteiger partial charge >= 0.3 is 0 Å². The van der Waals surface area contributed by atoms with Crippen LogP contribution in [-0.4, -0.2) is 67.6 Å². The number of benzene rings is 2. The molecule has 8 nitrogen and oxygen atoms in total. The van der Waals surface area contributed by atoms with Crippen LogP contribution in [0.1, 0.15) is 43.2 Å². The van der Waals surface area contributed by atoms with Gasteiger partial charge in [0.2, 0.25) is 17.7 Å². The molecule has 0 radical (unpaired) electrons. The second kappa shape index (κ2) is 13.6. The van der Waals surface area contributed by atoms with Crippen LogP contribution in [-0.2, 0) is 25.5 Å². The minimum Gasteiger partial charge on any atom is -0.381 e. The molecule has 3 aliphatic rings. The molecule has 3 amide bonds. The third-order valence-electron chi connectivity index (χ3n) is 8.94. The van der Waals surface area contributed by atoms with Crippen molar-refractivity contribution in [3.8, 4) is 0 Å². The Hall–Kier alpha value is -3.56. The van der Waals surface area contributed by atoms with Crippen LogP contribution in [0.3, 0.4) is 0 Å². The first-order chi connectivity index (χ1) is 20.3. The van der Waals surface area contributed by atoms with Crippen LogP contribution in [0, 0.1) is 24.1 Å². The number of piperidine rings is 1. The number of ether oxygens (including phenoxy) is 1. The maximum absolute atomic E-state index is 13.8. The Morgan fingerprint density at radius 2 is 1.88 bits per heavy atom. The number of halogens is 1. The molecule has 0 aromatic heterocycles. The van der Waals surface area contributed by atoms with E-state index in [-0.39, 0.29) is 36.2 Å². The number of amides is 3. The first-order valence-corrected chi connectivity index (χ1v) is 15.0. The molecule has 42 heavy (non-hydrogen) atoms. The van der Waals surface area contributed by atoms with Crippen LogP contribution in [0.5, 0.6) is 0 Å². The lowest BCUT2D eigenvalue weighted by Gasteiger charge is -2.40. The Labute approximate surface area is 247 Å².